The lowest BCUT2D eigenvalue weighted by Gasteiger charge is -2.18. The molecule has 180 valence electrons. The molecule has 0 aliphatic carbocycles. The summed E-state index contributed by atoms with van der Waals surface area (Å²) in [5, 5.41) is 14.0. The molecule has 0 bridgehead atoms. The minimum absolute atomic E-state index is 0.0366. The predicted octanol–water partition coefficient (Wildman–Crippen LogP) is 6.25. The quantitative estimate of drug-likeness (QED) is 0.249. The Morgan fingerprint density at radius 1 is 0.750 bits per heavy atom. The number of thioether (sulfide) groups is 1. The van der Waals surface area contributed by atoms with Crippen molar-refractivity contribution in [2.45, 2.75) is 10.1 Å². The van der Waals surface area contributed by atoms with E-state index in [1.54, 1.807) is 48.5 Å². The maximum atomic E-state index is 14.1. The number of nitrogens with one attached hydrogen (secondary N) is 2. The normalized spacial score (nSPS) is 11.4. The molecule has 0 aromatic heterocycles. The van der Waals surface area contributed by atoms with E-state index >= 15 is 0 Å². The van der Waals surface area contributed by atoms with E-state index in [1.807, 2.05) is 30.3 Å². The van der Waals surface area contributed by atoms with Crippen LogP contribution >= 0.6 is 11.8 Å². The highest BCUT2D eigenvalue weighted by Gasteiger charge is 2.23. The number of aromatic carboxylic acids is 1. The Morgan fingerprint density at radius 3 is 2.14 bits per heavy atom. The summed E-state index contributed by atoms with van der Waals surface area (Å²) in [7, 11) is 0. The third-order valence-corrected chi connectivity index (χ3v) is 6.47. The van der Waals surface area contributed by atoms with Crippen LogP contribution in [0, 0.1) is 5.82 Å². The van der Waals surface area contributed by atoms with Gasteiger partial charge in [-0.2, -0.15) is 0 Å². The largest absolute Gasteiger partial charge is 0.478 e. The number of hydrogen-bond donors (Lipinski definition) is 3. The number of carbonyl (C=O) groups is 3. The van der Waals surface area contributed by atoms with Crippen molar-refractivity contribution in [3.63, 3.8) is 0 Å². The van der Waals surface area contributed by atoms with Crippen molar-refractivity contribution in [1.29, 1.82) is 0 Å². The molecule has 2 amide bonds. The Balaban J connectivity index is 1.57. The summed E-state index contributed by atoms with van der Waals surface area (Å²) in [5.74, 6) is -2.70. The van der Waals surface area contributed by atoms with E-state index in [2.05, 4.69) is 10.6 Å². The summed E-state index contributed by atoms with van der Waals surface area (Å²) in [4.78, 5) is 38.1. The maximum absolute atomic E-state index is 14.1. The van der Waals surface area contributed by atoms with Crippen molar-refractivity contribution in [1.82, 2.24) is 0 Å². The lowest BCUT2D eigenvalue weighted by atomic mass is 10.1. The molecule has 0 aliphatic rings. The second-order valence-corrected chi connectivity index (χ2v) is 8.89. The lowest BCUT2D eigenvalue weighted by molar-refractivity contribution is -0.115. The van der Waals surface area contributed by atoms with E-state index < -0.39 is 28.9 Å². The van der Waals surface area contributed by atoms with Gasteiger partial charge in [-0.25, -0.2) is 9.18 Å². The molecule has 1 unspecified atom stereocenters. The summed E-state index contributed by atoms with van der Waals surface area (Å²) in [6.07, 6.45) is 0. The Morgan fingerprint density at radius 2 is 1.42 bits per heavy atom. The van der Waals surface area contributed by atoms with Crippen molar-refractivity contribution < 1.29 is 23.9 Å². The third-order valence-electron chi connectivity index (χ3n) is 5.22. The Hall–Kier alpha value is -4.43. The summed E-state index contributed by atoms with van der Waals surface area (Å²) < 4.78 is 14.1. The zero-order valence-corrected chi connectivity index (χ0v) is 19.7. The number of rotatable bonds is 8. The van der Waals surface area contributed by atoms with Crippen LogP contribution in [0.4, 0.5) is 15.8 Å². The SMILES string of the molecule is O=C(O)c1ccccc1C(=O)Nc1cccc(SC(C(=O)Nc2ccccc2F)c2ccccc2)c1. The molecule has 8 heteroatoms. The van der Waals surface area contributed by atoms with Gasteiger partial charge >= 0.3 is 5.97 Å². The van der Waals surface area contributed by atoms with Gasteiger partial charge < -0.3 is 15.7 Å². The van der Waals surface area contributed by atoms with Gasteiger partial charge in [0.25, 0.3) is 5.91 Å². The Bertz CT molecular complexity index is 1410. The number of carbonyl (C=O) groups excluding carboxylic acids is 2. The first kappa shape index (κ1) is 24.7. The second-order valence-electron chi connectivity index (χ2n) is 7.71. The fourth-order valence-electron chi connectivity index (χ4n) is 3.51. The first-order valence-corrected chi connectivity index (χ1v) is 11.8. The van der Waals surface area contributed by atoms with E-state index in [0.29, 0.717) is 10.6 Å². The molecule has 4 rings (SSSR count). The number of benzene rings is 4. The molecule has 0 fully saturated rings. The summed E-state index contributed by atoms with van der Waals surface area (Å²) >= 11 is 1.24. The minimum Gasteiger partial charge on any atom is -0.478 e. The van der Waals surface area contributed by atoms with Crippen molar-refractivity contribution >= 4 is 40.9 Å². The molecular weight excluding hydrogens is 479 g/mol. The fourth-order valence-corrected chi connectivity index (χ4v) is 4.59. The topological polar surface area (TPSA) is 95.5 Å². The zero-order valence-electron chi connectivity index (χ0n) is 18.9. The van der Waals surface area contributed by atoms with Gasteiger partial charge in [0, 0.05) is 10.6 Å². The average Bonchev–Trinajstić information content (AvgIpc) is 2.89. The molecule has 0 spiro atoms. The molecule has 0 aliphatic heterocycles. The number of carboxylic acid groups (broad SMARTS) is 1. The third kappa shape index (κ3) is 5.97. The van der Waals surface area contributed by atoms with Gasteiger partial charge in [0.2, 0.25) is 5.91 Å². The molecule has 0 saturated carbocycles. The van der Waals surface area contributed by atoms with Crippen LogP contribution in [0.1, 0.15) is 31.5 Å². The van der Waals surface area contributed by atoms with Crippen LogP contribution in [0.3, 0.4) is 0 Å². The van der Waals surface area contributed by atoms with Crippen LogP contribution in [0.2, 0.25) is 0 Å². The lowest BCUT2D eigenvalue weighted by Crippen LogP contribution is -2.19. The first-order chi connectivity index (χ1) is 17.4. The molecule has 1 atom stereocenters. The van der Waals surface area contributed by atoms with E-state index in [-0.39, 0.29) is 16.8 Å². The Labute approximate surface area is 211 Å². The van der Waals surface area contributed by atoms with Gasteiger partial charge in [-0.1, -0.05) is 60.7 Å². The van der Waals surface area contributed by atoms with Crippen LogP contribution in [-0.2, 0) is 4.79 Å². The highest BCUT2D eigenvalue weighted by Crippen LogP contribution is 2.37. The summed E-state index contributed by atoms with van der Waals surface area (Å²) in [5.41, 5.74) is 1.18. The van der Waals surface area contributed by atoms with E-state index in [1.165, 1.54) is 36.0 Å². The maximum Gasteiger partial charge on any atom is 0.336 e. The van der Waals surface area contributed by atoms with Gasteiger partial charge in [0.05, 0.1) is 16.8 Å². The van der Waals surface area contributed by atoms with Crippen LogP contribution in [0.25, 0.3) is 0 Å². The molecule has 4 aromatic carbocycles. The van der Waals surface area contributed by atoms with Crippen LogP contribution in [0.15, 0.2) is 108 Å². The van der Waals surface area contributed by atoms with E-state index in [4.69, 9.17) is 0 Å². The highest BCUT2D eigenvalue weighted by molar-refractivity contribution is 8.00. The summed E-state index contributed by atoms with van der Waals surface area (Å²) in [6.45, 7) is 0. The van der Waals surface area contributed by atoms with Crippen LogP contribution < -0.4 is 10.6 Å². The number of amides is 2. The minimum atomic E-state index is -1.20. The molecule has 6 nitrogen and oxygen atoms in total. The molecule has 36 heavy (non-hydrogen) atoms. The van der Waals surface area contributed by atoms with Gasteiger partial charge in [-0.05, 0) is 48.0 Å². The molecular formula is C28H21FN2O4S. The van der Waals surface area contributed by atoms with Crippen molar-refractivity contribution in [2.24, 2.45) is 0 Å². The average molecular weight is 501 g/mol. The fraction of sp³-hybridized carbons (Fsp3) is 0.0357. The molecule has 0 heterocycles. The Kier molecular flexibility index (Phi) is 7.77. The van der Waals surface area contributed by atoms with Crippen molar-refractivity contribution in [3.05, 3.63) is 126 Å². The van der Waals surface area contributed by atoms with Gasteiger partial charge in [0.1, 0.15) is 11.1 Å². The zero-order chi connectivity index (χ0) is 25.5. The number of anilines is 2. The first-order valence-electron chi connectivity index (χ1n) is 10.9. The second kappa shape index (κ2) is 11.3. The summed E-state index contributed by atoms with van der Waals surface area (Å²) in [6, 6.07) is 27.9. The smallest absolute Gasteiger partial charge is 0.336 e. The monoisotopic (exact) mass is 500 g/mol. The standard InChI is InChI=1S/C28H21FN2O4S/c29-23-15-6-7-16-24(23)31-27(33)25(18-9-2-1-3-10-18)36-20-12-8-11-19(17-20)30-26(32)21-13-4-5-14-22(21)28(34)35/h1-17,25H,(H,30,32)(H,31,33)(H,34,35). The molecule has 3 N–H and O–H groups in total. The van der Waals surface area contributed by atoms with Gasteiger partial charge in [-0.15, -0.1) is 11.8 Å². The van der Waals surface area contributed by atoms with Crippen LogP contribution in [-0.4, -0.2) is 22.9 Å². The molecule has 4 aromatic rings. The number of hydrogen-bond acceptors (Lipinski definition) is 4. The number of para-hydroxylation sites is 1. The highest BCUT2D eigenvalue weighted by atomic mass is 32.2. The molecule has 0 radical (unpaired) electrons. The van der Waals surface area contributed by atoms with E-state index in [0.717, 1.165) is 5.56 Å². The number of halogens is 1. The van der Waals surface area contributed by atoms with Gasteiger partial charge in [-0.3, -0.25) is 9.59 Å². The molecule has 0 saturated heterocycles. The van der Waals surface area contributed by atoms with E-state index in [9.17, 15) is 23.9 Å². The van der Waals surface area contributed by atoms with Crippen molar-refractivity contribution in [2.75, 3.05) is 10.6 Å². The van der Waals surface area contributed by atoms with Gasteiger partial charge in [0.15, 0.2) is 0 Å². The van der Waals surface area contributed by atoms with Crippen molar-refractivity contribution in [3.8, 4) is 0 Å². The number of carboxylic acids is 1. The van der Waals surface area contributed by atoms with Crippen LogP contribution in [0.5, 0.6) is 0 Å². The predicted molar refractivity (Wildman–Crippen MR) is 138 cm³/mol.